The molecule has 1 aliphatic rings. The van der Waals surface area contributed by atoms with Gasteiger partial charge >= 0.3 is 0 Å². The summed E-state index contributed by atoms with van der Waals surface area (Å²) in [5.41, 5.74) is 0.605. The molecule has 0 bridgehead atoms. The summed E-state index contributed by atoms with van der Waals surface area (Å²) >= 11 is 0. The summed E-state index contributed by atoms with van der Waals surface area (Å²) in [6, 6.07) is 4.83. The van der Waals surface area contributed by atoms with Gasteiger partial charge in [-0.3, -0.25) is 4.79 Å². The first-order chi connectivity index (χ1) is 10.1. The van der Waals surface area contributed by atoms with Crippen molar-refractivity contribution in [2.75, 3.05) is 13.1 Å². The van der Waals surface area contributed by atoms with E-state index in [4.69, 9.17) is 0 Å². The average Bonchev–Trinajstić information content (AvgIpc) is 2.98. The minimum atomic E-state index is -0.00600. The van der Waals surface area contributed by atoms with E-state index in [9.17, 15) is 15.0 Å². The minimum absolute atomic E-state index is 0.000680. The Morgan fingerprint density at radius 1 is 1.33 bits per heavy atom. The maximum atomic E-state index is 11.9. The van der Waals surface area contributed by atoms with Gasteiger partial charge in [0.15, 0.2) is 0 Å². The molecule has 5 nitrogen and oxygen atoms in total. The zero-order chi connectivity index (χ0) is 15.2. The third-order valence-electron chi connectivity index (χ3n) is 4.10. The highest BCUT2D eigenvalue weighted by atomic mass is 16.3. The quantitative estimate of drug-likeness (QED) is 0.749. The van der Waals surface area contributed by atoms with Crippen LogP contribution in [0.25, 0.3) is 0 Å². The van der Waals surface area contributed by atoms with Gasteiger partial charge in [-0.15, -0.1) is 0 Å². The Hall–Kier alpha value is -1.75. The van der Waals surface area contributed by atoms with E-state index in [2.05, 4.69) is 17.1 Å². The van der Waals surface area contributed by atoms with Crippen LogP contribution in [0.15, 0.2) is 18.2 Å². The van der Waals surface area contributed by atoms with E-state index in [-0.39, 0.29) is 24.0 Å². The number of likely N-dealkylation sites (tertiary alicyclic amines) is 1. The lowest BCUT2D eigenvalue weighted by atomic mass is 10.1. The maximum Gasteiger partial charge on any atom is 0.220 e. The first kappa shape index (κ1) is 15.6. The number of amides is 1. The van der Waals surface area contributed by atoms with Gasteiger partial charge in [0.1, 0.15) is 11.5 Å². The summed E-state index contributed by atoms with van der Waals surface area (Å²) in [4.78, 5) is 14.3. The van der Waals surface area contributed by atoms with Gasteiger partial charge in [-0.25, -0.2) is 0 Å². The number of nitrogens with one attached hydrogen (secondary N) is 1. The van der Waals surface area contributed by atoms with Gasteiger partial charge in [0.25, 0.3) is 0 Å². The number of phenols is 2. The van der Waals surface area contributed by atoms with Crippen molar-refractivity contribution in [1.82, 2.24) is 10.2 Å². The largest absolute Gasteiger partial charge is 0.508 e. The van der Waals surface area contributed by atoms with Crippen LogP contribution in [-0.4, -0.2) is 40.2 Å². The fraction of sp³-hybridized carbons (Fsp3) is 0.562. The Morgan fingerprint density at radius 2 is 2.05 bits per heavy atom. The summed E-state index contributed by atoms with van der Waals surface area (Å²) < 4.78 is 0. The van der Waals surface area contributed by atoms with Crippen LogP contribution in [0.1, 0.15) is 38.2 Å². The van der Waals surface area contributed by atoms with E-state index >= 15 is 0 Å². The van der Waals surface area contributed by atoms with Gasteiger partial charge in [-0.2, -0.15) is 0 Å². The highest BCUT2D eigenvalue weighted by molar-refractivity contribution is 5.76. The van der Waals surface area contributed by atoms with Gasteiger partial charge in [-0.1, -0.05) is 0 Å². The number of aromatic hydroxyl groups is 2. The standard InChI is InChI=1S/C16H24N2O3/c1-12(18-8-2-3-9-18)4-7-16(21)17-11-13-5-6-14(19)10-15(13)20/h5-6,10,12,19-20H,2-4,7-9,11H2,1H3,(H,17,21). The highest BCUT2D eigenvalue weighted by Gasteiger charge is 2.18. The number of carbonyl (C=O) groups excluding carboxylic acids is 1. The van der Waals surface area contributed by atoms with Crippen molar-refractivity contribution < 1.29 is 15.0 Å². The highest BCUT2D eigenvalue weighted by Crippen LogP contribution is 2.22. The molecule has 1 heterocycles. The first-order valence-electron chi connectivity index (χ1n) is 7.58. The molecule has 1 unspecified atom stereocenters. The lowest BCUT2D eigenvalue weighted by Crippen LogP contribution is -2.32. The molecule has 5 heteroatoms. The summed E-state index contributed by atoms with van der Waals surface area (Å²) in [7, 11) is 0. The van der Waals surface area contributed by atoms with Crippen molar-refractivity contribution in [2.24, 2.45) is 0 Å². The maximum absolute atomic E-state index is 11.9. The van der Waals surface area contributed by atoms with Crippen LogP contribution < -0.4 is 5.32 Å². The molecule has 0 saturated carbocycles. The number of benzene rings is 1. The van der Waals surface area contributed by atoms with Gasteiger partial charge in [-0.05, 0) is 51.4 Å². The van der Waals surface area contributed by atoms with Crippen molar-refractivity contribution in [3.63, 3.8) is 0 Å². The zero-order valence-corrected chi connectivity index (χ0v) is 12.5. The van der Waals surface area contributed by atoms with Crippen molar-refractivity contribution in [3.8, 4) is 11.5 Å². The number of nitrogens with zero attached hydrogens (tertiary/aromatic N) is 1. The zero-order valence-electron chi connectivity index (χ0n) is 12.5. The molecule has 0 aromatic heterocycles. The second-order valence-electron chi connectivity index (χ2n) is 5.72. The smallest absolute Gasteiger partial charge is 0.220 e. The van der Waals surface area contributed by atoms with Crippen molar-refractivity contribution in [3.05, 3.63) is 23.8 Å². The second kappa shape index (κ2) is 7.31. The lowest BCUT2D eigenvalue weighted by molar-refractivity contribution is -0.121. The van der Waals surface area contributed by atoms with E-state index in [0.717, 1.165) is 19.5 Å². The van der Waals surface area contributed by atoms with Crippen LogP contribution in [0.4, 0.5) is 0 Å². The van der Waals surface area contributed by atoms with E-state index in [1.54, 1.807) is 6.07 Å². The molecule has 21 heavy (non-hydrogen) atoms. The molecule has 2 rings (SSSR count). The molecule has 1 saturated heterocycles. The fourth-order valence-electron chi connectivity index (χ4n) is 2.69. The average molecular weight is 292 g/mol. The SMILES string of the molecule is CC(CCC(=O)NCc1ccc(O)cc1O)N1CCCC1. The third-order valence-corrected chi connectivity index (χ3v) is 4.10. The molecule has 1 atom stereocenters. The molecule has 1 aromatic rings. The summed E-state index contributed by atoms with van der Waals surface area (Å²) in [5.74, 6) is 0.0104. The molecule has 1 aliphatic heterocycles. The Balaban J connectivity index is 1.71. The molecule has 1 amide bonds. The number of hydrogen-bond donors (Lipinski definition) is 3. The van der Waals surface area contributed by atoms with Gasteiger partial charge in [0.2, 0.25) is 5.91 Å². The third kappa shape index (κ3) is 4.63. The van der Waals surface area contributed by atoms with Crippen molar-refractivity contribution in [1.29, 1.82) is 0 Å². The molecule has 3 N–H and O–H groups in total. The van der Waals surface area contributed by atoms with Crippen LogP contribution in [0, 0.1) is 0 Å². The monoisotopic (exact) mass is 292 g/mol. The first-order valence-corrected chi connectivity index (χ1v) is 7.58. The number of phenolic OH excluding ortho intramolecular Hbond substituents is 2. The Bertz CT molecular complexity index is 484. The number of carbonyl (C=O) groups is 1. The number of hydrogen-bond acceptors (Lipinski definition) is 4. The molecule has 0 spiro atoms. The van der Waals surface area contributed by atoms with Crippen LogP contribution in [0.3, 0.4) is 0 Å². The molecular formula is C16H24N2O3. The van der Waals surface area contributed by atoms with E-state index < -0.39 is 0 Å². The lowest BCUT2D eigenvalue weighted by Gasteiger charge is -2.23. The summed E-state index contributed by atoms with van der Waals surface area (Å²) in [5, 5.41) is 21.7. The molecule has 0 radical (unpaired) electrons. The summed E-state index contributed by atoms with van der Waals surface area (Å²) in [6.07, 6.45) is 3.87. The van der Waals surface area contributed by atoms with Gasteiger partial charge < -0.3 is 20.4 Å². The van der Waals surface area contributed by atoms with Crippen molar-refractivity contribution in [2.45, 2.75) is 45.2 Å². The van der Waals surface area contributed by atoms with Crippen LogP contribution in [-0.2, 0) is 11.3 Å². The van der Waals surface area contributed by atoms with Crippen LogP contribution >= 0.6 is 0 Å². The van der Waals surface area contributed by atoms with E-state index in [1.165, 1.54) is 25.0 Å². The Labute approximate surface area is 125 Å². The molecule has 116 valence electrons. The molecular weight excluding hydrogens is 268 g/mol. The molecule has 1 fully saturated rings. The normalized spacial score (nSPS) is 16.8. The predicted molar refractivity (Wildman–Crippen MR) is 81.1 cm³/mol. The van der Waals surface area contributed by atoms with Crippen LogP contribution in [0.5, 0.6) is 11.5 Å². The summed E-state index contributed by atoms with van der Waals surface area (Å²) in [6.45, 7) is 4.74. The topological polar surface area (TPSA) is 72.8 Å². The van der Waals surface area contributed by atoms with E-state index in [0.29, 0.717) is 18.0 Å². The molecule has 1 aromatic carbocycles. The fourth-order valence-corrected chi connectivity index (χ4v) is 2.69. The second-order valence-corrected chi connectivity index (χ2v) is 5.72. The predicted octanol–water partition coefficient (Wildman–Crippen LogP) is 1.98. The van der Waals surface area contributed by atoms with E-state index in [1.807, 2.05) is 0 Å². The van der Waals surface area contributed by atoms with Crippen molar-refractivity contribution >= 4 is 5.91 Å². The molecule has 0 aliphatic carbocycles. The Morgan fingerprint density at radius 3 is 2.71 bits per heavy atom. The number of rotatable bonds is 6. The van der Waals surface area contributed by atoms with Gasteiger partial charge in [0, 0.05) is 30.6 Å². The Kier molecular flexibility index (Phi) is 5.44. The van der Waals surface area contributed by atoms with Gasteiger partial charge in [0.05, 0.1) is 0 Å². The minimum Gasteiger partial charge on any atom is -0.508 e. The van der Waals surface area contributed by atoms with Crippen LogP contribution in [0.2, 0.25) is 0 Å².